The van der Waals surface area contributed by atoms with Crippen LogP contribution in [0.2, 0.25) is 0 Å². The minimum absolute atomic E-state index is 0.0890. The van der Waals surface area contributed by atoms with Crippen molar-refractivity contribution in [2.75, 3.05) is 11.9 Å². The number of rotatable bonds is 10. The maximum Gasteiger partial charge on any atom is 0.303 e. The van der Waals surface area contributed by atoms with Crippen LogP contribution in [-0.2, 0) is 4.79 Å². The fourth-order valence-corrected chi connectivity index (χ4v) is 3.52. The highest BCUT2D eigenvalue weighted by Crippen LogP contribution is 2.14. The lowest BCUT2D eigenvalue weighted by molar-refractivity contribution is -0.137. The Morgan fingerprint density at radius 1 is 0.868 bits per heavy atom. The number of H-pyrrole nitrogens is 2. The second kappa shape index (κ2) is 12.2. The molecule has 0 atom stereocenters. The third-order valence-corrected chi connectivity index (χ3v) is 5.45. The van der Waals surface area contributed by atoms with Crippen LogP contribution in [0.3, 0.4) is 0 Å². The van der Waals surface area contributed by atoms with E-state index in [9.17, 15) is 19.2 Å². The van der Waals surface area contributed by atoms with Gasteiger partial charge in [0.25, 0.3) is 17.0 Å². The number of hydrogen-bond donors (Lipinski definition) is 4. The van der Waals surface area contributed by atoms with Crippen molar-refractivity contribution < 1.29 is 23.8 Å². The molecule has 0 aliphatic rings. The van der Waals surface area contributed by atoms with E-state index in [1.165, 1.54) is 12.3 Å². The van der Waals surface area contributed by atoms with Crippen LogP contribution in [-0.4, -0.2) is 33.6 Å². The standard InChI is InChI=1S/C28H25N3O7/c32-25(33)5-1-2-14-37-21-12-8-19(9-13-21)17-23-27(35)30-22(26(34)31-23)16-18-6-10-20(11-7-18)29-28(36)24-4-3-15-38-24/h3-4,6-13,15-17H,1-2,5,14H2,(H,29,36)(H,30,35)(H,31,34)(H,32,33)/b22-16-,23-17-. The van der Waals surface area contributed by atoms with Gasteiger partial charge in [0, 0.05) is 12.1 Å². The van der Waals surface area contributed by atoms with E-state index in [4.69, 9.17) is 14.3 Å². The lowest BCUT2D eigenvalue weighted by Gasteiger charge is -2.05. The van der Waals surface area contributed by atoms with Crippen molar-refractivity contribution in [2.45, 2.75) is 19.3 Å². The third kappa shape index (κ3) is 7.20. The number of amides is 1. The number of nitrogens with one attached hydrogen (secondary N) is 3. The highest BCUT2D eigenvalue weighted by Gasteiger charge is 2.08. The Labute approximate surface area is 215 Å². The molecule has 4 rings (SSSR count). The topological polar surface area (TPSA) is 154 Å². The molecule has 4 aromatic rings. The molecule has 1 amide bonds. The number of furan rings is 1. The van der Waals surface area contributed by atoms with Crippen LogP contribution >= 0.6 is 0 Å². The maximum absolute atomic E-state index is 12.6. The minimum atomic E-state index is -0.827. The van der Waals surface area contributed by atoms with E-state index >= 15 is 0 Å². The first kappa shape index (κ1) is 26.0. The monoisotopic (exact) mass is 515 g/mol. The number of carbonyl (C=O) groups excluding carboxylic acids is 1. The summed E-state index contributed by atoms with van der Waals surface area (Å²) >= 11 is 0. The van der Waals surface area contributed by atoms with Gasteiger partial charge in [-0.3, -0.25) is 19.2 Å². The van der Waals surface area contributed by atoms with Gasteiger partial charge in [0.05, 0.1) is 12.9 Å². The molecule has 2 aromatic carbocycles. The van der Waals surface area contributed by atoms with Gasteiger partial charge in [-0.05, 0) is 72.5 Å². The number of carbonyl (C=O) groups is 2. The molecule has 38 heavy (non-hydrogen) atoms. The summed E-state index contributed by atoms with van der Waals surface area (Å²) in [6.07, 6.45) is 5.78. The Balaban J connectivity index is 1.43. The van der Waals surface area contributed by atoms with Crippen LogP contribution in [0.15, 0.2) is 80.9 Å². The van der Waals surface area contributed by atoms with Crippen molar-refractivity contribution in [2.24, 2.45) is 0 Å². The average molecular weight is 516 g/mol. The van der Waals surface area contributed by atoms with Gasteiger partial charge in [0.1, 0.15) is 16.4 Å². The summed E-state index contributed by atoms with van der Waals surface area (Å²) in [5.41, 5.74) is 0.959. The van der Waals surface area contributed by atoms with E-state index < -0.39 is 17.1 Å². The van der Waals surface area contributed by atoms with Gasteiger partial charge in [-0.15, -0.1) is 0 Å². The summed E-state index contributed by atoms with van der Waals surface area (Å²) in [6, 6.07) is 16.9. The number of carboxylic acid groups (broad SMARTS) is 1. The van der Waals surface area contributed by atoms with Gasteiger partial charge in [-0.2, -0.15) is 0 Å². The molecule has 0 spiro atoms. The van der Waals surface area contributed by atoms with Gasteiger partial charge in [0.15, 0.2) is 5.76 Å². The van der Waals surface area contributed by atoms with E-state index in [1.54, 1.807) is 66.7 Å². The summed E-state index contributed by atoms with van der Waals surface area (Å²) in [5, 5.41) is 11.5. The molecule has 0 aliphatic heterocycles. The normalized spacial score (nSPS) is 11.9. The predicted molar refractivity (Wildman–Crippen MR) is 141 cm³/mol. The highest BCUT2D eigenvalue weighted by atomic mass is 16.5. The van der Waals surface area contributed by atoms with Crippen LogP contribution in [0, 0.1) is 0 Å². The van der Waals surface area contributed by atoms with Gasteiger partial charge < -0.3 is 29.5 Å². The average Bonchev–Trinajstić information content (AvgIpc) is 3.44. The zero-order valence-corrected chi connectivity index (χ0v) is 20.2. The molecule has 2 heterocycles. The van der Waals surface area contributed by atoms with Crippen molar-refractivity contribution in [3.63, 3.8) is 0 Å². The molecule has 0 radical (unpaired) electrons. The predicted octanol–water partition coefficient (Wildman–Crippen LogP) is 2.20. The van der Waals surface area contributed by atoms with Gasteiger partial charge in [0.2, 0.25) is 0 Å². The fraction of sp³-hybridized carbons (Fsp3) is 0.143. The first-order chi connectivity index (χ1) is 18.4. The van der Waals surface area contributed by atoms with Gasteiger partial charge in [-0.1, -0.05) is 24.3 Å². The fourth-order valence-electron chi connectivity index (χ4n) is 3.52. The summed E-state index contributed by atoms with van der Waals surface area (Å²) in [7, 11) is 0. The molecule has 0 unspecified atom stereocenters. The molecule has 0 bridgehead atoms. The Hall–Kier alpha value is -5.12. The number of hydrogen-bond acceptors (Lipinski definition) is 6. The number of aromatic nitrogens is 2. The number of anilines is 1. The number of carboxylic acids is 1. The first-order valence-corrected chi connectivity index (χ1v) is 11.8. The zero-order chi connectivity index (χ0) is 26.9. The molecule has 0 saturated carbocycles. The van der Waals surface area contributed by atoms with Crippen molar-refractivity contribution in [3.8, 4) is 5.75 Å². The maximum atomic E-state index is 12.6. The molecule has 0 saturated heterocycles. The molecule has 10 nitrogen and oxygen atoms in total. The quantitative estimate of drug-likeness (QED) is 0.236. The molecular formula is C28H25N3O7. The molecule has 0 aliphatic carbocycles. The first-order valence-electron chi connectivity index (χ1n) is 11.8. The molecular weight excluding hydrogens is 490 g/mol. The van der Waals surface area contributed by atoms with E-state index in [0.29, 0.717) is 42.0 Å². The van der Waals surface area contributed by atoms with E-state index in [-0.39, 0.29) is 28.8 Å². The summed E-state index contributed by atoms with van der Waals surface area (Å²) in [5.74, 6) is -0.395. The number of benzene rings is 2. The van der Waals surface area contributed by atoms with Crippen molar-refractivity contribution >= 4 is 29.7 Å². The van der Waals surface area contributed by atoms with Crippen LogP contribution < -0.4 is 31.9 Å². The lowest BCUT2D eigenvalue weighted by atomic mass is 10.2. The number of unbranched alkanes of at least 4 members (excludes halogenated alkanes) is 1. The lowest BCUT2D eigenvalue weighted by Crippen LogP contribution is -2.46. The molecule has 10 heteroatoms. The molecule has 2 aromatic heterocycles. The van der Waals surface area contributed by atoms with E-state index in [2.05, 4.69) is 15.3 Å². The van der Waals surface area contributed by atoms with Crippen LogP contribution in [0.4, 0.5) is 5.69 Å². The number of aromatic amines is 2. The molecule has 0 fully saturated rings. The smallest absolute Gasteiger partial charge is 0.303 e. The Bertz CT molecular complexity index is 1630. The highest BCUT2D eigenvalue weighted by molar-refractivity contribution is 6.02. The van der Waals surface area contributed by atoms with Crippen molar-refractivity contribution in [1.29, 1.82) is 0 Å². The SMILES string of the molecule is O=C(O)CCCCOc1ccc(/C=c2\[nH]c(=O)/c(=C/c3ccc(NC(=O)c4ccco4)cc3)[nH]c2=O)cc1. The van der Waals surface area contributed by atoms with Crippen molar-refractivity contribution in [1.82, 2.24) is 9.97 Å². The largest absolute Gasteiger partial charge is 0.494 e. The minimum Gasteiger partial charge on any atom is -0.494 e. The summed E-state index contributed by atoms with van der Waals surface area (Å²) < 4.78 is 10.7. The third-order valence-electron chi connectivity index (χ3n) is 5.45. The van der Waals surface area contributed by atoms with Crippen molar-refractivity contribution in [3.05, 3.63) is 115 Å². The number of aliphatic carboxylic acids is 1. The number of ether oxygens (including phenoxy) is 1. The molecule has 194 valence electrons. The second-order valence-corrected chi connectivity index (χ2v) is 8.35. The second-order valence-electron chi connectivity index (χ2n) is 8.35. The molecule has 4 N–H and O–H groups in total. The van der Waals surface area contributed by atoms with Crippen LogP contribution in [0.1, 0.15) is 40.9 Å². The van der Waals surface area contributed by atoms with Crippen LogP contribution in [0.25, 0.3) is 12.2 Å². The Kier molecular flexibility index (Phi) is 8.35. The Morgan fingerprint density at radius 2 is 1.47 bits per heavy atom. The van der Waals surface area contributed by atoms with Crippen LogP contribution in [0.5, 0.6) is 5.75 Å². The Morgan fingerprint density at radius 3 is 2.03 bits per heavy atom. The van der Waals surface area contributed by atoms with Gasteiger partial charge >= 0.3 is 5.97 Å². The van der Waals surface area contributed by atoms with Gasteiger partial charge in [-0.25, -0.2) is 0 Å². The summed E-state index contributed by atoms with van der Waals surface area (Å²) in [6.45, 7) is 0.406. The van der Waals surface area contributed by atoms with E-state index in [0.717, 1.165) is 0 Å². The summed E-state index contributed by atoms with van der Waals surface area (Å²) in [4.78, 5) is 53.0. The van der Waals surface area contributed by atoms with E-state index in [1.807, 2.05) is 0 Å². The zero-order valence-electron chi connectivity index (χ0n) is 20.2.